The summed E-state index contributed by atoms with van der Waals surface area (Å²) in [5.74, 6) is -2.22. The van der Waals surface area contributed by atoms with Crippen LogP contribution >= 0.6 is 0 Å². The van der Waals surface area contributed by atoms with Gasteiger partial charge in [0.25, 0.3) is 0 Å². The topological polar surface area (TPSA) is 78.6 Å². The molecule has 2 atom stereocenters. The number of rotatable bonds is 8. The fourth-order valence-electron chi connectivity index (χ4n) is 2.00. The summed E-state index contributed by atoms with van der Waals surface area (Å²) in [7, 11) is 0. The van der Waals surface area contributed by atoms with Crippen LogP contribution in [0.15, 0.2) is 30.3 Å². The number of carbonyl (C=O) groups is 2. The maximum Gasteiger partial charge on any atom is 0.321 e. The van der Waals surface area contributed by atoms with Crippen LogP contribution in [0.2, 0.25) is 0 Å². The van der Waals surface area contributed by atoms with E-state index in [9.17, 15) is 9.59 Å². The summed E-state index contributed by atoms with van der Waals surface area (Å²) in [5, 5.41) is 0. The van der Waals surface area contributed by atoms with Crippen LogP contribution in [-0.4, -0.2) is 30.2 Å². The van der Waals surface area contributed by atoms with Gasteiger partial charge in [-0.25, -0.2) is 0 Å². The Balaban J connectivity index is 2.96. The van der Waals surface area contributed by atoms with Crippen molar-refractivity contribution in [2.24, 2.45) is 11.7 Å². The zero-order valence-corrected chi connectivity index (χ0v) is 14.4. The first-order valence-electron chi connectivity index (χ1n) is 7.95. The smallest absolute Gasteiger partial charge is 0.321 e. The summed E-state index contributed by atoms with van der Waals surface area (Å²) in [5.41, 5.74) is 5.69. The minimum absolute atomic E-state index is 0.385. The highest BCUT2D eigenvalue weighted by Gasteiger charge is 2.37. The van der Waals surface area contributed by atoms with Crippen LogP contribution in [0.1, 0.15) is 50.9 Å². The summed E-state index contributed by atoms with van der Waals surface area (Å²) in [4.78, 5) is 25.1. The SMILES string of the molecule is CCCCOC(N)C(C(=O)OC(C)(C)C)C(=O)c1ccccc1. The van der Waals surface area contributed by atoms with Gasteiger partial charge in [0.2, 0.25) is 0 Å². The summed E-state index contributed by atoms with van der Waals surface area (Å²) in [6.07, 6.45) is 0.731. The second-order valence-corrected chi connectivity index (χ2v) is 6.43. The average molecular weight is 321 g/mol. The quantitative estimate of drug-likeness (QED) is 0.262. The number of ether oxygens (including phenoxy) is 2. The van der Waals surface area contributed by atoms with Crippen LogP contribution in [0, 0.1) is 5.92 Å². The number of hydrogen-bond donors (Lipinski definition) is 1. The van der Waals surface area contributed by atoms with Gasteiger partial charge in [-0.2, -0.15) is 0 Å². The molecule has 0 amide bonds. The predicted octanol–water partition coefficient (Wildman–Crippen LogP) is 2.93. The maximum atomic E-state index is 12.7. The Bertz CT molecular complexity index is 508. The van der Waals surface area contributed by atoms with Gasteiger partial charge in [-0.3, -0.25) is 9.59 Å². The van der Waals surface area contributed by atoms with Crippen LogP contribution in [0.4, 0.5) is 0 Å². The molecular weight excluding hydrogens is 294 g/mol. The molecule has 0 fully saturated rings. The summed E-state index contributed by atoms with van der Waals surface area (Å²) < 4.78 is 10.8. The standard InChI is InChI=1S/C18H27NO4/c1-5-6-12-22-16(19)14(17(21)23-18(2,3)4)15(20)13-10-8-7-9-11-13/h7-11,14,16H,5-6,12,19H2,1-4H3. The van der Waals surface area contributed by atoms with Gasteiger partial charge >= 0.3 is 5.97 Å². The molecule has 2 N–H and O–H groups in total. The summed E-state index contributed by atoms with van der Waals surface area (Å²) in [6.45, 7) is 7.67. The van der Waals surface area contributed by atoms with Gasteiger partial charge in [0, 0.05) is 12.2 Å². The van der Waals surface area contributed by atoms with Gasteiger partial charge in [0.1, 0.15) is 11.8 Å². The van der Waals surface area contributed by atoms with Gasteiger partial charge in [0.05, 0.1) is 0 Å². The van der Waals surface area contributed by atoms with E-state index >= 15 is 0 Å². The van der Waals surface area contributed by atoms with Crippen molar-refractivity contribution in [3.8, 4) is 0 Å². The molecule has 23 heavy (non-hydrogen) atoms. The van der Waals surface area contributed by atoms with Crippen molar-refractivity contribution in [1.82, 2.24) is 0 Å². The van der Waals surface area contributed by atoms with E-state index in [0.717, 1.165) is 12.8 Å². The number of hydrogen-bond acceptors (Lipinski definition) is 5. The number of unbranched alkanes of at least 4 members (excludes halogenated alkanes) is 1. The Hall–Kier alpha value is -1.72. The molecular formula is C18H27NO4. The molecule has 0 spiro atoms. The first kappa shape index (κ1) is 19.3. The molecule has 5 heteroatoms. The molecule has 1 aromatic carbocycles. The predicted molar refractivity (Wildman–Crippen MR) is 88.9 cm³/mol. The number of ketones is 1. The largest absolute Gasteiger partial charge is 0.459 e. The first-order valence-corrected chi connectivity index (χ1v) is 7.95. The van der Waals surface area contributed by atoms with Gasteiger partial charge in [0.15, 0.2) is 11.7 Å². The van der Waals surface area contributed by atoms with E-state index in [0.29, 0.717) is 12.2 Å². The molecule has 0 saturated carbocycles. The van der Waals surface area contributed by atoms with E-state index in [2.05, 4.69) is 0 Å². The first-order chi connectivity index (χ1) is 10.8. The molecule has 0 heterocycles. The van der Waals surface area contributed by atoms with Crippen molar-refractivity contribution < 1.29 is 19.1 Å². The van der Waals surface area contributed by atoms with Crippen molar-refractivity contribution in [2.75, 3.05) is 6.61 Å². The van der Waals surface area contributed by atoms with E-state index in [1.54, 1.807) is 51.1 Å². The van der Waals surface area contributed by atoms with Crippen molar-refractivity contribution in [3.05, 3.63) is 35.9 Å². The van der Waals surface area contributed by atoms with Crippen molar-refractivity contribution >= 4 is 11.8 Å². The van der Waals surface area contributed by atoms with E-state index in [1.807, 2.05) is 6.92 Å². The minimum atomic E-state index is -1.17. The van der Waals surface area contributed by atoms with Crippen molar-refractivity contribution in [3.63, 3.8) is 0 Å². The third-order valence-electron chi connectivity index (χ3n) is 3.14. The lowest BCUT2D eigenvalue weighted by Crippen LogP contribution is -2.45. The zero-order chi connectivity index (χ0) is 17.5. The third-order valence-corrected chi connectivity index (χ3v) is 3.14. The second-order valence-electron chi connectivity index (χ2n) is 6.43. The highest BCUT2D eigenvalue weighted by Crippen LogP contribution is 2.19. The third kappa shape index (κ3) is 6.50. The highest BCUT2D eigenvalue weighted by molar-refractivity contribution is 6.09. The zero-order valence-electron chi connectivity index (χ0n) is 14.4. The van der Waals surface area contributed by atoms with E-state index in [-0.39, 0.29) is 5.78 Å². The number of carbonyl (C=O) groups excluding carboxylic acids is 2. The molecule has 0 aromatic heterocycles. The average Bonchev–Trinajstić information content (AvgIpc) is 2.46. The lowest BCUT2D eigenvalue weighted by Gasteiger charge is -2.26. The number of benzene rings is 1. The fraction of sp³-hybridized carbons (Fsp3) is 0.556. The molecule has 0 aliphatic rings. The number of nitrogens with two attached hydrogens (primary N) is 1. The van der Waals surface area contributed by atoms with Crippen LogP contribution in [-0.2, 0) is 14.3 Å². The summed E-state index contributed by atoms with van der Waals surface area (Å²) >= 11 is 0. The molecule has 0 bridgehead atoms. The van der Waals surface area contributed by atoms with E-state index < -0.39 is 23.7 Å². The minimum Gasteiger partial charge on any atom is -0.459 e. The maximum absolute atomic E-state index is 12.7. The lowest BCUT2D eigenvalue weighted by molar-refractivity contribution is -0.162. The highest BCUT2D eigenvalue weighted by atomic mass is 16.6. The molecule has 0 saturated heterocycles. The van der Waals surface area contributed by atoms with Crippen molar-refractivity contribution in [2.45, 2.75) is 52.4 Å². The second kappa shape index (κ2) is 8.79. The molecule has 5 nitrogen and oxygen atoms in total. The van der Waals surface area contributed by atoms with E-state index in [1.165, 1.54) is 0 Å². The molecule has 0 radical (unpaired) electrons. The molecule has 0 aliphatic carbocycles. The molecule has 128 valence electrons. The number of Topliss-reactive ketones (excluding diaryl/α,β-unsaturated/α-hetero) is 1. The lowest BCUT2D eigenvalue weighted by atomic mass is 9.95. The molecule has 1 rings (SSSR count). The van der Waals surface area contributed by atoms with Gasteiger partial charge in [-0.15, -0.1) is 0 Å². The van der Waals surface area contributed by atoms with Gasteiger partial charge in [-0.1, -0.05) is 43.7 Å². The Labute approximate surface area is 138 Å². The Morgan fingerprint density at radius 3 is 2.30 bits per heavy atom. The van der Waals surface area contributed by atoms with Gasteiger partial charge < -0.3 is 15.2 Å². The fourth-order valence-corrected chi connectivity index (χ4v) is 2.00. The van der Waals surface area contributed by atoms with E-state index in [4.69, 9.17) is 15.2 Å². The van der Waals surface area contributed by atoms with Crippen LogP contribution in [0.5, 0.6) is 0 Å². The molecule has 1 aromatic rings. The summed E-state index contributed by atoms with van der Waals surface area (Å²) in [6, 6.07) is 8.58. The van der Waals surface area contributed by atoms with Crippen LogP contribution in [0.25, 0.3) is 0 Å². The van der Waals surface area contributed by atoms with Crippen LogP contribution in [0.3, 0.4) is 0 Å². The molecule has 2 unspecified atom stereocenters. The number of esters is 1. The van der Waals surface area contributed by atoms with Gasteiger partial charge in [-0.05, 0) is 27.2 Å². The normalized spacial score (nSPS) is 14.1. The van der Waals surface area contributed by atoms with Crippen LogP contribution < -0.4 is 5.73 Å². The molecule has 0 aliphatic heterocycles. The van der Waals surface area contributed by atoms with Crippen molar-refractivity contribution in [1.29, 1.82) is 0 Å². The Morgan fingerprint density at radius 2 is 1.78 bits per heavy atom. The Morgan fingerprint density at radius 1 is 1.17 bits per heavy atom. The Kier molecular flexibility index (Phi) is 7.39. The monoisotopic (exact) mass is 321 g/mol.